The first-order valence-corrected chi connectivity index (χ1v) is 4.48. The Kier molecular flexibility index (Phi) is 8.15. The lowest BCUT2D eigenvalue weighted by atomic mass is 10.2. The topological polar surface area (TPSA) is 38.7 Å². The summed E-state index contributed by atoms with van der Waals surface area (Å²) < 4.78 is 3.81. The highest BCUT2D eigenvalue weighted by Crippen LogP contribution is 1.92. The minimum atomic E-state index is 0.929. The largest absolute Gasteiger partial charge is 0.220 e. The molecule has 1 N–H and O–H groups in total. The van der Waals surface area contributed by atoms with Gasteiger partial charge in [0.2, 0.25) is 0 Å². The van der Waals surface area contributed by atoms with E-state index in [0.717, 1.165) is 12.0 Å². The highest BCUT2D eigenvalue weighted by Gasteiger charge is 1.72. The molecule has 1 rings (SSSR count). The van der Waals surface area contributed by atoms with Crippen LogP contribution in [-0.2, 0) is 9.37 Å². The fourth-order valence-corrected chi connectivity index (χ4v) is 0.626. The summed E-state index contributed by atoms with van der Waals surface area (Å²) in [4.78, 5) is 0. The molecule has 68 valence electrons. The Bertz CT molecular complexity index is 177. The van der Waals surface area contributed by atoms with Crippen molar-refractivity contribution in [3.05, 3.63) is 35.9 Å². The van der Waals surface area contributed by atoms with E-state index in [1.165, 1.54) is 5.56 Å². The van der Waals surface area contributed by atoms with Gasteiger partial charge in [0.25, 0.3) is 0 Å². The maximum Gasteiger partial charge on any atom is 0.0311 e. The summed E-state index contributed by atoms with van der Waals surface area (Å²) in [7, 11) is 0. The summed E-state index contributed by atoms with van der Waals surface area (Å²) in [6.07, 6.45) is 1.62. The van der Waals surface area contributed by atoms with E-state index in [4.69, 9.17) is 5.26 Å². The molecular formula is C8H12O3S. The van der Waals surface area contributed by atoms with Crippen LogP contribution in [0.3, 0.4) is 0 Å². The quantitative estimate of drug-likeness (QED) is 0.440. The second-order valence-corrected chi connectivity index (χ2v) is 2.43. The molecule has 0 aliphatic rings. The molecule has 0 spiro atoms. The number of aryl methyl sites for hydroxylation is 1. The van der Waals surface area contributed by atoms with Crippen molar-refractivity contribution in [1.29, 1.82) is 0 Å². The Morgan fingerprint density at radius 2 is 1.83 bits per heavy atom. The third kappa shape index (κ3) is 7.56. The van der Waals surface area contributed by atoms with E-state index in [9.17, 15) is 0 Å². The minimum Gasteiger partial charge on any atom is -0.220 e. The van der Waals surface area contributed by atoms with Gasteiger partial charge in [-0.05, 0) is 6.92 Å². The molecule has 0 fully saturated rings. The summed E-state index contributed by atoms with van der Waals surface area (Å²) in [5.41, 5.74) is 1.32. The monoisotopic (exact) mass is 188 g/mol. The zero-order valence-corrected chi connectivity index (χ0v) is 7.88. The molecule has 0 aliphatic heterocycles. The first kappa shape index (κ1) is 11.4. The second-order valence-electron chi connectivity index (χ2n) is 1.96. The molecule has 1 aromatic rings. The Labute approximate surface area is 76.4 Å². The molecule has 0 unspecified atom stereocenters. The van der Waals surface area contributed by atoms with Crippen molar-refractivity contribution in [3.63, 3.8) is 0 Å². The van der Waals surface area contributed by atoms with E-state index < -0.39 is 0 Å². The minimum absolute atomic E-state index is 0.929. The van der Waals surface area contributed by atoms with Gasteiger partial charge in [-0.2, -0.15) is 0 Å². The molecule has 12 heavy (non-hydrogen) atoms. The van der Waals surface area contributed by atoms with Crippen LogP contribution in [0.5, 0.6) is 0 Å². The lowest BCUT2D eigenvalue weighted by Gasteiger charge is -1.82. The zero-order valence-electron chi connectivity index (χ0n) is 7.06. The summed E-state index contributed by atoms with van der Waals surface area (Å²) in [5, 5.41) is 10.5. The molecule has 0 amide bonds. The normalized spacial score (nSPS) is 8.58. The van der Waals surface area contributed by atoms with Crippen molar-refractivity contribution < 1.29 is 14.6 Å². The Balaban J connectivity index is 0.000000217. The highest BCUT2D eigenvalue weighted by atomic mass is 32.2. The SMILES string of the molecule is CSOOO.Cc1ccccc1. The summed E-state index contributed by atoms with van der Waals surface area (Å²) >= 11 is 0.929. The van der Waals surface area contributed by atoms with Gasteiger partial charge in [0.05, 0.1) is 0 Å². The Morgan fingerprint density at radius 3 is 2.00 bits per heavy atom. The predicted molar refractivity (Wildman–Crippen MR) is 49.5 cm³/mol. The van der Waals surface area contributed by atoms with Crippen molar-refractivity contribution in [1.82, 2.24) is 0 Å². The first-order valence-electron chi connectivity index (χ1n) is 3.33. The van der Waals surface area contributed by atoms with Crippen LogP contribution in [0.25, 0.3) is 0 Å². The van der Waals surface area contributed by atoms with Gasteiger partial charge in [-0.1, -0.05) is 40.9 Å². The van der Waals surface area contributed by atoms with Gasteiger partial charge < -0.3 is 0 Å². The molecular weight excluding hydrogens is 176 g/mol. The van der Waals surface area contributed by atoms with Crippen LogP contribution in [0.1, 0.15) is 5.56 Å². The van der Waals surface area contributed by atoms with Crippen LogP contribution in [0.2, 0.25) is 0 Å². The van der Waals surface area contributed by atoms with Crippen LogP contribution in [-0.4, -0.2) is 11.5 Å². The third-order valence-corrected chi connectivity index (χ3v) is 1.24. The molecule has 0 radical (unpaired) electrons. The molecule has 0 bridgehead atoms. The van der Waals surface area contributed by atoms with Crippen LogP contribution >= 0.6 is 12.0 Å². The van der Waals surface area contributed by atoms with Crippen molar-refractivity contribution in [2.45, 2.75) is 6.92 Å². The smallest absolute Gasteiger partial charge is 0.0311 e. The number of hydrogen-bond donors (Lipinski definition) is 1. The van der Waals surface area contributed by atoms with Gasteiger partial charge in [-0.25, -0.2) is 5.26 Å². The highest BCUT2D eigenvalue weighted by molar-refractivity contribution is 7.93. The molecule has 4 heteroatoms. The third-order valence-electron chi connectivity index (χ3n) is 1.04. The van der Waals surface area contributed by atoms with Crippen LogP contribution < -0.4 is 0 Å². The number of rotatable bonds is 2. The molecule has 0 aromatic heterocycles. The number of hydrogen-bond acceptors (Lipinski definition) is 4. The van der Waals surface area contributed by atoms with Crippen molar-refractivity contribution >= 4 is 12.0 Å². The van der Waals surface area contributed by atoms with Gasteiger partial charge in [-0.3, -0.25) is 0 Å². The Hall–Kier alpha value is -0.550. The summed E-state index contributed by atoms with van der Waals surface area (Å²) in [6.45, 7) is 2.08. The van der Waals surface area contributed by atoms with Gasteiger partial charge in [0.1, 0.15) is 0 Å². The maximum absolute atomic E-state index is 7.32. The van der Waals surface area contributed by atoms with Crippen LogP contribution in [0, 0.1) is 6.92 Å². The van der Waals surface area contributed by atoms with Crippen LogP contribution in [0.4, 0.5) is 0 Å². The average molecular weight is 188 g/mol. The second kappa shape index (κ2) is 8.55. The molecule has 0 heterocycles. The fraction of sp³-hybridized carbons (Fsp3) is 0.250. The molecule has 0 saturated heterocycles. The van der Waals surface area contributed by atoms with Crippen molar-refractivity contribution in [3.8, 4) is 0 Å². The van der Waals surface area contributed by atoms with Crippen molar-refractivity contribution in [2.75, 3.05) is 6.26 Å². The average Bonchev–Trinajstić information content (AvgIpc) is 2.08. The van der Waals surface area contributed by atoms with E-state index in [2.05, 4.69) is 28.4 Å². The molecule has 0 saturated carbocycles. The van der Waals surface area contributed by atoms with Gasteiger partial charge in [0.15, 0.2) is 0 Å². The number of benzene rings is 1. The van der Waals surface area contributed by atoms with Crippen molar-refractivity contribution in [2.24, 2.45) is 0 Å². The lowest BCUT2D eigenvalue weighted by Crippen LogP contribution is -1.71. The van der Waals surface area contributed by atoms with Crippen LogP contribution in [0.15, 0.2) is 30.3 Å². The molecule has 3 nitrogen and oxygen atoms in total. The van der Waals surface area contributed by atoms with E-state index in [1.54, 1.807) is 6.26 Å². The van der Waals surface area contributed by atoms with E-state index in [-0.39, 0.29) is 0 Å². The first-order chi connectivity index (χ1) is 5.81. The van der Waals surface area contributed by atoms with Gasteiger partial charge in [0, 0.05) is 18.3 Å². The molecule has 0 atom stereocenters. The zero-order chi connectivity index (χ0) is 9.23. The maximum atomic E-state index is 7.32. The Morgan fingerprint density at radius 1 is 1.25 bits per heavy atom. The fourth-order valence-electron chi connectivity index (χ4n) is 0.565. The predicted octanol–water partition coefficient (Wildman–Crippen LogP) is 2.68. The summed E-state index contributed by atoms with van der Waals surface area (Å²) in [5.74, 6) is 0. The van der Waals surface area contributed by atoms with E-state index in [1.807, 2.05) is 18.2 Å². The molecule has 0 aliphatic carbocycles. The van der Waals surface area contributed by atoms with E-state index in [0.29, 0.717) is 0 Å². The lowest BCUT2D eigenvalue weighted by molar-refractivity contribution is -0.432. The molecule has 1 aromatic carbocycles. The van der Waals surface area contributed by atoms with E-state index >= 15 is 0 Å². The summed E-state index contributed by atoms with van der Waals surface area (Å²) in [6, 6.07) is 10.3. The standard InChI is InChI=1S/C7H8.CH4O3S/c1-7-5-3-2-4-6-7;1-5-4-3-2/h2-6H,1H3;2H,1H3. The van der Waals surface area contributed by atoms with Gasteiger partial charge in [-0.15, -0.1) is 4.33 Å². The van der Waals surface area contributed by atoms with Gasteiger partial charge >= 0.3 is 0 Å².